The van der Waals surface area contributed by atoms with Crippen molar-refractivity contribution < 1.29 is 14.6 Å². The van der Waals surface area contributed by atoms with E-state index in [1.54, 1.807) is 0 Å². The van der Waals surface area contributed by atoms with Crippen LogP contribution in [0.1, 0.15) is 19.3 Å². The molecule has 0 aromatic carbocycles. The lowest BCUT2D eigenvalue weighted by molar-refractivity contribution is 0.0881. The van der Waals surface area contributed by atoms with Gasteiger partial charge in [0.1, 0.15) is 0 Å². The van der Waals surface area contributed by atoms with Gasteiger partial charge in [-0.05, 0) is 25.8 Å². The Labute approximate surface area is 85.6 Å². The predicted molar refractivity (Wildman–Crippen MR) is 54.4 cm³/mol. The highest BCUT2D eigenvalue weighted by Crippen LogP contribution is 2.10. The quantitative estimate of drug-likeness (QED) is 0.552. The van der Waals surface area contributed by atoms with Crippen molar-refractivity contribution in [2.45, 2.75) is 25.4 Å². The van der Waals surface area contributed by atoms with Gasteiger partial charge in [0, 0.05) is 19.8 Å². The van der Waals surface area contributed by atoms with Crippen molar-refractivity contribution in [3.63, 3.8) is 0 Å². The molecule has 1 heterocycles. The summed E-state index contributed by atoms with van der Waals surface area (Å²) in [5.41, 5.74) is 0. The molecule has 0 amide bonds. The molecule has 0 bridgehead atoms. The highest BCUT2D eigenvalue weighted by Gasteiger charge is 2.13. The largest absolute Gasteiger partial charge is 0.394 e. The van der Waals surface area contributed by atoms with Crippen LogP contribution in [0.25, 0.3) is 0 Å². The van der Waals surface area contributed by atoms with Gasteiger partial charge in [0.2, 0.25) is 0 Å². The molecule has 1 unspecified atom stereocenters. The Morgan fingerprint density at radius 3 is 3.07 bits per heavy atom. The van der Waals surface area contributed by atoms with E-state index >= 15 is 0 Å². The van der Waals surface area contributed by atoms with Gasteiger partial charge in [0.25, 0.3) is 0 Å². The SMILES string of the molecule is OCCOCCCNCC1CCCO1. The first-order chi connectivity index (χ1) is 6.93. The monoisotopic (exact) mass is 203 g/mol. The Kier molecular flexibility index (Phi) is 6.95. The second-order valence-corrected chi connectivity index (χ2v) is 3.53. The molecule has 0 saturated carbocycles. The average molecular weight is 203 g/mol. The van der Waals surface area contributed by atoms with Gasteiger partial charge in [-0.3, -0.25) is 0 Å². The molecule has 1 atom stereocenters. The molecular formula is C10H21NO3. The van der Waals surface area contributed by atoms with E-state index in [0.29, 0.717) is 12.7 Å². The molecule has 14 heavy (non-hydrogen) atoms. The molecule has 1 rings (SSSR count). The third kappa shape index (κ3) is 5.54. The molecule has 1 aliphatic heterocycles. The molecule has 1 fully saturated rings. The van der Waals surface area contributed by atoms with Crippen molar-refractivity contribution in [1.82, 2.24) is 5.32 Å². The van der Waals surface area contributed by atoms with Gasteiger partial charge in [-0.2, -0.15) is 0 Å². The minimum atomic E-state index is 0.114. The molecule has 84 valence electrons. The molecule has 0 aromatic heterocycles. The molecule has 0 aromatic rings. The third-order valence-electron chi connectivity index (χ3n) is 2.27. The number of rotatable bonds is 8. The molecule has 0 aliphatic carbocycles. The summed E-state index contributed by atoms with van der Waals surface area (Å²) in [6, 6.07) is 0. The summed E-state index contributed by atoms with van der Waals surface area (Å²) in [6.45, 7) is 4.13. The molecule has 0 radical (unpaired) electrons. The second-order valence-electron chi connectivity index (χ2n) is 3.53. The van der Waals surface area contributed by atoms with Gasteiger partial charge in [-0.25, -0.2) is 0 Å². The fraction of sp³-hybridized carbons (Fsp3) is 1.00. The second kappa shape index (κ2) is 8.17. The van der Waals surface area contributed by atoms with Crippen LogP contribution in [0.4, 0.5) is 0 Å². The molecule has 0 spiro atoms. The van der Waals surface area contributed by atoms with Crippen molar-refractivity contribution in [3.8, 4) is 0 Å². The summed E-state index contributed by atoms with van der Waals surface area (Å²) in [5.74, 6) is 0. The predicted octanol–water partition coefficient (Wildman–Crippen LogP) is 0.154. The number of hydrogen-bond donors (Lipinski definition) is 2. The fourth-order valence-electron chi connectivity index (χ4n) is 1.53. The Morgan fingerprint density at radius 2 is 2.36 bits per heavy atom. The average Bonchev–Trinajstić information content (AvgIpc) is 2.69. The highest BCUT2D eigenvalue weighted by atomic mass is 16.5. The zero-order valence-electron chi connectivity index (χ0n) is 8.71. The van der Waals surface area contributed by atoms with E-state index in [-0.39, 0.29) is 6.61 Å². The van der Waals surface area contributed by atoms with Crippen LogP contribution in [0.2, 0.25) is 0 Å². The third-order valence-corrected chi connectivity index (χ3v) is 2.27. The van der Waals surface area contributed by atoms with E-state index in [4.69, 9.17) is 14.6 Å². The number of ether oxygens (including phenoxy) is 2. The summed E-state index contributed by atoms with van der Waals surface area (Å²) in [5, 5.41) is 11.8. The Bertz CT molecular complexity index is 127. The van der Waals surface area contributed by atoms with E-state index in [1.165, 1.54) is 12.8 Å². The summed E-state index contributed by atoms with van der Waals surface area (Å²) in [6.07, 6.45) is 3.81. The van der Waals surface area contributed by atoms with Crippen molar-refractivity contribution in [3.05, 3.63) is 0 Å². The van der Waals surface area contributed by atoms with Gasteiger partial charge in [0.15, 0.2) is 0 Å². The molecule has 1 saturated heterocycles. The fourth-order valence-corrected chi connectivity index (χ4v) is 1.53. The van der Waals surface area contributed by atoms with E-state index in [9.17, 15) is 0 Å². The molecular weight excluding hydrogens is 182 g/mol. The van der Waals surface area contributed by atoms with Gasteiger partial charge in [-0.1, -0.05) is 0 Å². The standard InChI is InChI=1S/C10H21NO3/c12-5-8-13-6-2-4-11-9-10-3-1-7-14-10/h10-12H,1-9H2. The number of nitrogens with one attached hydrogen (secondary N) is 1. The van der Waals surface area contributed by atoms with E-state index < -0.39 is 0 Å². The zero-order valence-corrected chi connectivity index (χ0v) is 8.71. The highest BCUT2D eigenvalue weighted by molar-refractivity contribution is 4.67. The summed E-state index contributed by atoms with van der Waals surface area (Å²) in [7, 11) is 0. The van der Waals surface area contributed by atoms with Crippen LogP contribution in [0.15, 0.2) is 0 Å². The van der Waals surface area contributed by atoms with Gasteiger partial charge in [0.05, 0.1) is 19.3 Å². The zero-order chi connectivity index (χ0) is 10.1. The van der Waals surface area contributed by atoms with Crippen molar-refractivity contribution in [2.24, 2.45) is 0 Å². The van der Waals surface area contributed by atoms with Crippen molar-refractivity contribution >= 4 is 0 Å². The number of hydrogen-bond acceptors (Lipinski definition) is 4. The maximum atomic E-state index is 8.46. The summed E-state index contributed by atoms with van der Waals surface area (Å²) < 4.78 is 10.6. The smallest absolute Gasteiger partial charge is 0.0700 e. The van der Waals surface area contributed by atoms with E-state index in [2.05, 4.69) is 5.32 Å². The van der Waals surface area contributed by atoms with Crippen LogP contribution in [-0.2, 0) is 9.47 Å². The van der Waals surface area contributed by atoms with Gasteiger partial charge < -0.3 is 19.9 Å². The van der Waals surface area contributed by atoms with Crippen LogP contribution in [0.3, 0.4) is 0 Å². The Balaban J connectivity index is 1.75. The first kappa shape index (κ1) is 11.9. The van der Waals surface area contributed by atoms with E-state index in [0.717, 1.165) is 32.7 Å². The topological polar surface area (TPSA) is 50.7 Å². The normalized spacial score (nSPS) is 21.6. The summed E-state index contributed by atoms with van der Waals surface area (Å²) >= 11 is 0. The lowest BCUT2D eigenvalue weighted by atomic mass is 10.2. The first-order valence-electron chi connectivity index (χ1n) is 5.44. The van der Waals surface area contributed by atoms with Crippen LogP contribution >= 0.6 is 0 Å². The van der Waals surface area contributed by atoms with Crippen molar-refractivity contribution in [2.75, 3.05) is 39.5 Å². The maximum absolute atomic E-state index is 8.46. The number of aliphatic hydroxyl groups is 1. The van der Waals surface area contributed by atoms with Crippen LogP contribution < -0.4 is 5.32 Å². The lowest BCUT2D eigenvalue weighted by Gasteiger charge is -2.10. The minimum absolute atomic E-state index is 0.114. The minimum Gasteiger partial charge on any atom is -0.394 e. The van der Waals surface area contributed by atoms with Crippen molar-refractivity contribution in [1.29, 1.82) is 0 Å². The van der Waals surface area contributed by atoms with Crippen LogP contribution in [0.5, 0.6) is 0 Å². The van der Waals surface area contributed by atoms with E-state index in [1.807, 2.05) is 0 Å². The van der Waals surface area contributed by atoms with Crippen LogP contribution in [-0.4, -0.2) is 50.7 Å². The summed E-state index contributed by atoms with van der Waals surface area (Å²) in [4.78, 5) is 0. The number of aliphatic hydroxyl groups excluding tert-OH is 1. The molecule has 2 N–H and O–H groups in total. The van der Waals surface area contributed by atoms with Gasteiger partial charge in [-0.15, -0.1) is 0 Å². The van der Waals surface area contributed by atoms with Crippen LogP contribution in [0, 0.1) is 0 Å². The first-order valence-corrected chi connectivity index (χ1v) is 5.44. The molecule has 4 nitrogen and oxygen atoms in total. The molecule has 4 heteroatoms. The lowest BCUT2D eigenvalue weighted by Crippen LogP contribution is -2.27. The molecule has 1 aliphatic rings. The van der Waals surface area contributed by atoms with Gasteiger partial charge >= 0.3 is 0 Å². The Hall–Kier alpha value is -0.160. The maximum Gasteiger partial charge on any atom is 0.0700 e. The Morgan fingerprint density at radius 1 is 1.43 bits per heavy atom.